The van der Waals surface area contributed by atoms with Crippen molar-refractivity contribution in [3.05, 3.63) is 134 Å². The maximum atomic E-state index is 12.7. The number of hydrogen-bond acceptors (Lipinski definition) is 6. The monoisotopic (exact) mass is 785 g/mol. The van der Waals surface area contributed by atoms with Gasteiger partial charge in [0.25, 0.3) is 0 Å². The molecule has 57 heavy (non-hydrogen) atoms. The minimum absolute atomic E-state index is 0.130. The van der Waals surface area contributed by atoms with Crippen molar-refractivity contribution in [2.45, 2.75) is 155 Å². The highest BCUT2D eigenvalue weighted by Gasteiger charge is 2.19. The second kappa shape index (κ2) is 44.3. The van der Waals surface area contributed by atoms with E-state index < -0.39 is 6.10 Å². The van der Waals surface area contributed by atoms with Gasteiger partial charge in [0.2, 0.25) is 0 Å². The van der Waals surface area contributed by atoms with Crippen LogP contribution in [-0.4, -0.2) is 37.2 Å². The van der Waals surface area contributed by atoms with Gasteiger partial charge in [0.15, 0.2) is 6.10 Å². The molecule has 0 aliphatic heterocycles. The summed E-state index contributed by atoms with van der Waals surface area (Å²) >= 11 is 0. The first-order valence-electron chi connectivity index (χ1n) is 21.8. The van der Waals surface area contributed by atoms with Gasteiger partial charge in [-0.1, -0.05) is 187 Å². The van der Waals surface area contributed by atoms with Gasteiger partial charge in [-0.05, 0) is 77.0 Å². The highest BCUT2D eigenvalue weighted by atomic mass is 16.6. The van der Waals surface area contributed by atoms with Crippen molar-refractivity contribution in [3.8, 4) is 0 Å². The second-order valence-electron chi connectivity index (χ2n) is 13.7. The Morgan fingerprint density at radius 3 is 1.16 bits per heavy atom. The quantitative estimate of drug-likeness (QED) is 0.0207. The Balaban J connectivity index is 4.59. The zero-order valence-corrected chi connectivity index (χ0v) is 35.8. The Morgan fingerprint density at radius 2 is 0.719 bits per heavy atom. The van der Waals surface area contributed by atoms with Crippen LogP contribution in [0.4, 0.5) is 0 Å². The summed E-state index contributed by atoms with van der Waals surface area (Å²) in [7, 11) is 0. The average Bonchev–Trinajstić information content (AvgIpc) is 3.21. The third kappa shape index (κ3) is 42.5. The minimum atomic E-state index is -0.830. The van der Waals surface area contributed by atoms with E-state index in [0.29, 0.717) is 19.3 Å². The van der Waals surface area contributed by atoms with Crippen LogP contribution >= 0.6 is 0 Å². The molecule has 0 aromatic heterocycles. The van der Waals surface area contributed by atoms with Crippen LogP contribution in [0.3, 0.4) is 0 Å². The first kappa shape index (κ1) is 52.6. The molecule has 6 heteroatoms. The molecule has 0 N–H and O–H groups in total. The van der Waals surface area contributed by atoms with Crippen molar-refractivity contribution < 1.29 is 28.6 Å². The van der Waals surface area contributed by atoms with Gasteiger partial charge in [-0.15, -0.1) is 0 Å². The fourth-order valence-electron chi connectivity index (χ4n) is 5.13. The van der Waals surface area contributed by atoms with E-state index in [1.165, 1.54) is 25.7 Å². The van der Waals surface area contributed by atoms with Crippen LogP contribution in [-0.2, 0) is 28.6 Å². The molecular formula is C51H76O6. The smallest absolute Gasteiger partial charge is 0.306 e. The van der Waals surface area contributed by atoms with E-state index in [2.05, 4.69) is 57.2 Å². The fraction of sp³-hybridized carbons (Fsp3) is 0.510. The van der Waals surface area contributed by atoms with Crippen molar-refractivity contribution in [2.24, 2.45) is 0 Å². The van der Waals surface area contributed by atoms with E-state index in [-0.39, 0.29) is 50.4 Å². The lowest BCUT2D eigenvalue weighted by molar-refractivity contribution is -0.167. The first-order valence-corrected chi connectivity index (χ1v) is 21.8. The Labute approximate surface area is 347 Å². The molecule has 1 atom stereocenters. The van der Waals surface area contributed by atoms with Crippen LogP contribution in [0, 0.1) is 0 Å². The molecule has 0 rings (SSSR count). The maximum Gasteiger partial charge on any atom is 0.306 e. The fourth-order valence-corrected chi connectivity index (χ4v) is 5.13. The van der Waals surface area contributed by atoms with Crippen LogP contribution in [0.1, 0.15) is 149 Å². The largest absolute Gasteiger partial charge is 0.462 e. The van der Waals surface area contributed by atoms with Gasteiger partial charge in [0, 0.05) is 19.3 Å². The van der Waals surface area contributed by atoms with Gasteiger partial charge in [0.1, 0.15) is 13.2 Å². The number of hydrogen-bond donors (Lipinski definition) is 0. The molecule has 0 aliphatic carbocycles. The van der Waals surface area contributed by atoms with Crippen LogP contribution in [0.5, 0.6) is 0 Å². The van der Waals surface area contributed by atoms with Gasteiger partial charge in [-0.25, -0.2) is 0 Å². The van der Waals surface area contributed by atoms with Gasteiger partial charge in [-0.3, -0.25) is 14.4 Å². The topological polar surface area (TPSA) is 78.9 Å². The van der Waals surface area contributed by atoms with Crippen molar-refractivity contribution in [2.75, 3.05) is 13.2 Å². The van der Waals surface area contributed by atoms with Gasteiger partial charge >= 0.3 is 17.9 Å². The Kier molecular flexibility index (Phi) is 40.8. The second-order valence-corrected chi connectivity index (χ2v) is 13.7. The molecule has 0 aromatic carbocycles. The van der Waals surface area contributed by atoms with Crippen molar-refractivity contribution in [3.63, 3.8) is 0 Å². The summed E-state index contributed by atoms with van der Waals surface area (Å²) in [6, 6.07) is 0. The summed E-state index contributed by atoms with van der Waals surface area (Å²) in [5.41, 5.74) is 0. The predicted octanol–water partition coefficient (Wildman–Crippen LogP) is 14.0. The molecule has 0 spiro atoms. The van der Waals surface area contributed by atoms with Crippen LogP contribution in [0.25, 0.3) is 0 Å². The molecule has 0 saturated heterocycles. The predicted molar refractivity (Wildman–Crippen MR) is 242 cm³/mol. The van der Waals surface area contributed by atoms with Crippen LogP contribution in [0.15, 0.2) is 134 Å². The number of carbonyl (C=O) groups is 3. The zero-order valence-electron chi connectivity index (χ0n) is 35.8. The SMILES string of the molecule is CC\C=C/C=C\C=C/C=C\C=C\C=C/CCCCCC(=O)OCC(COC(=O)CCC/C=C\CCCCCC)OC(=O)CCCCC\C=C/C=C\C=C/C=C\CC. The van der Waals surface area contributed by atoms with Gasteiger partial charge in [-0.2, -0.15) is 0 Å². The Morgan fingerprint density at radius 1 is 0.368 bits per heavy atom. The summed E-state index contributed by atoms with van der Waals surface area (Å²) in [5.74, 6) is -1.07. The third-order valence-electron chi connectivity index (χ3n) is 8.38. The van der Waals surface area contributed by atoms with Crippen molar-refractivity contribution in [1.82, 2.24) is 0 Å². The lowest BCUT2D eigenvalue weighted by Gasteiger charge is -2.18. The molecule has 1 unspecified atom stereocenters. The van der Waals surface area contributed by atoms with Crippen molar-refractivity contribution >= 4 is 17.9 Å². The molecular weight excluding hydrogens is 709 g/mol. The number of esters is 3. The van der Waals surface area contributed by atoms with Crippen molar-refractivity contribution in [1.29, 1.82) is 0 Å². The van der Waals surface area contributed by atoms with E-state index in [9.17, 15) is 14.4 Å². The van der Waals surface area contributed by atoms with E-state index >= 15 is 0 Å². The van der Waals surface area contributed by atoms with Crippen LogP contribution in [0.2, 0.25) is 0 Å². The minimum Gasteiger partial charge on any atom is -0.462 e. The van der Waals surface area contributed by atoms with E-state index in [0.717, 1.165) is 64.2 Å². The Bertz CT molecular complexity index is 1320. The molecule has 316 valence electrons. The molecule has 0 fully saturated rings. The Hall–Kier alpha value is -4.45. The highest BCUT2D eigenvalue weighted by molar-refractivity contribution is 5.71. The van der Waals surface area contributed by atoms with E-state index in [1.807, 2.05) is 97.2 Å². The number of ether oxygens (including phenoxy) is 3. The first-order chi connectivity index (χ1) is 28.0. The molecule has 0 bridgehead atoms. The van der Waals surface area contributed by atoms with E-state index in [4.69, 9.17) is 14.2 Å². The normalized spacial score (nSPS) is 13.4. The summed E-state index contributed by atoms with van der Waals surface area (Å²) in [4.78, 5) is 37.6. The molecule has 0 aliphatic rings. The third-order valence-corrected chi connectivity index (χ3v) is 8.38. The molecule has 0 amide bonds. The zero-order chi connectivity index (χ0) is 41.5. The molecule has 0 saturated carbocycles. The summed E-state index contributed by atoms with van der Waals surface area (Å²) < 4.78 is 16.6. The molecule has 6 nitrogen and oxygen atoms in total. The summed E-state index contributed by atoms with van der Waals surface area (Å²) in [6.07, 6.45) is 61.5. The lowest BCUT2D eigenvalue weighted by atomic mass is 10.1. The number of unbranched alkanes of at least 4 members (excludes halogenated alkanes) is 11. The van der Waals surface area contributed by atoms with E-state index in [1.54, 1.807) is 0 Å². The summed E-state index contributed by atoms with van der Waals surface area (Å²) in [5, 5.41) is 0. The number of allylic oxidation sites excluding steroid dienone is 22. The molecule has 0 radical (unpaired) electrons. The van der Waals surface area contributed by atoms with Crippen LogP contribution < -0.4 is 0 Å². The van der Waals surface area contributed by atoms with Gasteiger partial charge in [0.05, 0.1) is 0 Å². The lowest BCUT2D eigenvalue weighted by Crippen LogP contribution is -2.30. The maximum absolute atomic E-state index is 12.7. The number of rotatable bonds is 36. The molecule has 0 heterocycles. The standard InChI is InChI=1S/C51H76O6/c1-4-7-10-13-16-19-21-23-24-25-26-28-29-32-35-38-41-44-50(53)56-47-48(46-55-49(52)43-40-37-34-31-18-15-12-9-6-3)57-51(54)45-42-39-36-33-30-27-22-20-17-14-11-8-5-2/h7-8,10-11,13-14,16-17,19-31,34,48H,4-6,9,12,15,18,32-33,35-47H2,1-3H3/b10-7-,11-8-,16-13-,17-14-,21-19-,22-20-,24-23-,26-25+,29-28-,30-27-,34-31-. The number of carbonyl (C=O) groups excluding carboxylic acids is 3. The highest BCUT2D eigenvalue weighted by Crippen LogP contribution is 2.10. The average molecular weight is 785 g/mol. The molecule has 0 aromatic rings. The summed E-state index contributed by atoms with van der Waals surface area (Å²) in [6.45, 7) is 6.17. The van der Waals surface area contributed by atoms with Gasteiger partial charge < -0.3 is 14.2 Å².